The van der Waals surface area contributed by atoms with Gasteiger partial charge in [-0.15, -0.1) is 0 Å². The van der Waals surface area contributed by atoms with Crippen LogP contribution in [0.4, 0.5) is 8.78 Å². The number of carbonyl (C=O) groups excluding carboxylic acids is 2. The Morgan fingerprint density at radius 2 is 2.08 bits per heavy atom. The third-order valence-electron chi connectivity index (χ3n) is 6.26. The Kier molecular flexibility index (Phi) is 4.09. The normalized spacial score (nSPS) is 33.4. The molecule has 4 nitrogen and oxygen atoms in total. The van der Waals surface area contributed by atoms with Crippen LogP contribution in [0.25, 0.3) is 0 Å². The summed E-state index contributed by atoms with van der Waals surface area (Å²) in [6.45, 7) is 1.19. The first-order valence-corrected chi connectivity index (χ1v) is 9.85. The van der Waals surface area contributed by atoms with Gasteiger partial charge in [-0.05, 0) is 37.1 Å². The van der Waals surface area contributed by atoms with Crippen molar-refractivity contribution in [1.29, 1.82) is 0 Å². The zero-order chi connectivity index (χ0) is 17.7. The monoisotopic (exact) mass is 368 g/mol. The second kappa shape index (κ2) is 6.04. The predicted molar refractivity (Wildman–Crippen MR) is 90.7 cm³/mol. The second-order valence-electron chi connectivity index (χ2n) is 7.66. The van der Waals surface area contributed by atoms with E-state index in [0.29, 0.717) is 25.1 Å². The molecule has 2 heterocycles. The number of nitrogens with one attached hydrogen (secondary N) is 1. The third-order valence-corrected chi connectivity index (χ3v) is 6.94. The minimum atomic E-state index is -2.77. The van der Waals surface area contributed by atoms with Gasteiger partial charge in [-0.2, -0.15) is 11.3 Å². The lowest BCUT2D eigenvalue weighted by molar-refractivity contribution is -0.142. The number of likely N-dealkylation sites (tertiary alicyclic amines) is 1. The SMILES string of the molecule is O=C(N[C@@H]1CCC1(F)F)[C@H]1CCC[C@@]12CCN(C(=O)c1ccsc1)C2. The van der Waals surface area contributed by atoms with Crippen LogP contribution in [0.5, 0.6) is 0 Å². The molecule has 2 amide bonds. The van der Waals surface area contributed by atoms with Crippen LogP contribution in [0.15, 0.2) is 16.8 Å². The summed E-state index contributed by atoms with van der Waals surface area (Å²) >= 11 is 1.49. The van der Waals surface area contributed by atoms with Crippen LogP contribution >= 0.6 is 11.3 Å². The van der Waals surface area contributed by atoms with Crippen molar-refractivity contribution < 1.29 is 18.4 Å². The van der Waals surface area contributed by atoms with E-state index >= 15 is 0 Å². The molecule has 0 unspecified atom stereocenters. The molecule has 4 rings (SSSR count). The lowest BCUT2D eigenvalue weighted by atomic mass is 9.76. The predicted octanol–water partition coefficient (Wildman–Crippen LogP) is 3.29. The Morgan fingerprint density at radius 1 is 1.24 bits per heavy atom. The van der Waals surface area contributed by atoms with Gasteiger partial charge in [0.1, 0.15) is 0 Å². The van der Waals surface area contributed by atoms with Gasteiger partial charge in [-0.25, -0.2) is 8.78 Å². The third kappa shape index (κ3) is 2.86. The number of rotatable bonds is 3. The van der Waals surface area contributed by atoms with Gasteiger partial charge in [0.25, 0.3) is 11.8 Å². The first-order valence-electron chi connectivity index (χ1n) is 8.91. The summed E-state index contributed by atoms with van der Waals surface area (Å²) in [7, 11) is 0. The minimum Gasteiger partial charge on any atom is -0.347 e. The molecule has 136 valence electrons. The first-order chi connectivity index (χ1) is 11.9. The fraction of sp³-hybridized carbons (Fsp3) is 0.667. The maximum Gasteiger partial charge on any atom is 0.267 e. The molecule has 0 radical (unpaired) electrons. The number of halogens is 2. The number of hydrogen-bond acceptors (Lipinski definition) is 3. The molecular formula is C18H22F2N2O2S. The average Bonchev–Trinajstić information content (AvgIpc) is 3.33. The Labute approximate surface area is 149 Å². The van der Waals surface area contributed by atoms with Gasteiger partial charge in [0.15, 0.2) is 0 Å². The standard InChI is InChI=1S/C18H22F2N2O2S/c19-18(20)6-3-14(18)21-15(23)13-2-1-5-17(13)7-8-22(11-17)16(24)12-4-9-25-10-12/h4,9-10,13-14H,1-3,5-8,11H2,(H,21,23)/t13-,14-,17+/m1/s1. The quantitative estimate of drug-likeness (QED) is 0.890. The zero-order valence-corrected chi connectivity index (χ0v) is 14.8. The molecule has 1 saturated heterocycles. The highest BCUT2D eigenvalue weighted by molar-refractivity contribution is 7.08. The van der Waals surface area contributed by atoms with Crippen LogP contribution < -0.4 is 5.32 Å². The lowest BCUT2D eigenvalue weighted by Gasteiger charge is -2.39. The summed E-state index contributed by atoms with van der Waals surface area (Å²) in [6, 6.07) is 0.804. The highest BCUT2D eigenvalue weighted by Gasteiger charge is 2.54. The summed E-state index contributed by atoms with van der Waals surface area (Å²) in [5.41, 5.74) is 0.449. The number of hydrogen-bond donors (Lipinski definition) is 1. The molecule has 7 heteroatoms. The van der Waals surface area contributed by atoms with Crippen molar-refractivity contribution in [3.8, 4) is 0 Å². The van der Waals surface area contributed by atoms with Gasteiger partial charge in [0.2, 0.25) is 5.91 Å². The van der Waals surface area contributed by atoms with Crippen LogP contribution in [0, 0.1) is 11.3 Å². The maximum atomic E-state index is 13.5. The molecule has 2 saturated carbocycles. The molecule has 1 aromatic rings. The minimum absolute atomic E-state index is 0.00899. The van der Waals surface area contributed by atoms with Crippen molar-refractivity contribution in [2.24, 2.45) is 11.3 Å². The molecular weight excluding hydrogens is 346 g/mol. The summed E-state index contributed by atoms with van der Waals surface area (Å²) < 4.78 is 27.0. The van der Waals surface area contributed by atoms with Crippen LogP contribution in [-0.2, 0) is 4.79 Å². The number of carbonyl (C=O) groups is 2. The average molecular weight is 368 g/mol. The summed E-state index contributed by atoms with van der Waals surface area (Å²) in [6.07, 6.45) is 3.52. The molecule has 3 aliphatic rings. The van der Waals surface area contributed by atoms with E-state index in [0.717, 1.165) is 25.7 Å². The van der Waals surface area contributed by atoms with Gasteiger partial charge < -0.3 is 10.2 Å². The van der Waals surface area contributed by atoms with Gasteiger partial charge >= 0.3 is 0 Å². The number of amides is 2. The van der Waals surface area contributed by atoms with Crippen molar-refractivity contribution in [3.05, 3.63) is 22.4 Å². The molecule has 3 fully saturated rings. The number of alkyl halides is 2. The second-order valence-corrected chi connectivity index (χ2v) is 8.44. The fourth-order valence-electron chi connectivity index (χ4n) is 4.63. The van der Waals surface area contributed by atoms with E-state index in [-0.39, 0.29) is 29.6 Å². The van der Waals surface area contributed by atoms with E-state index in [4.69, 9.17) is 0 Å². The summed E-state index contributed by atoms with van der Waals surface area (Å²) in [5, 5.41) is 6.30. The van der Waals surface area contributed by atoms with Crippen LogP contribution in [0.1, 0.15) is 48.9 Å². The maximum absolute atomic E-state index is 13.5. The molecule has 2 aliphatic carbocycles. The molecule has 1 aromatic heterocycles. The van der Waals surface area contributed by atoms with E-state index < -0.39 is 12.0 Å². The zero-order valence-electron chi connectivity index (χ0n) is 14.0. The Bertz CT molecular complexity index is 679. The molecule has 1 spiro atoms. The molecule has 0 bridgehead atoms. The van der Waals surface area contributed by atoms with E-state index in [2.05, 4.69) is 5.32 Å². The molecule has 0 aromatic carbocycles. The van der Waals surface area contributed by atoms with Crippen molar-refractivity contribution in [1.82, 2.24) is 10.2 Å². The topological polar surface area (TPSA) is 49.4 Å². The fourth-order valence-corrected chi connectivity index (χ4v) is 5.26. The van der Waals surface area contributed by atoms with Crippen molar-refractivity contribution in [2.75, 3.05) is 13.1 Å². The molecule has 3 atom stereocenters. The van der Waals surface area contributed by atoms with Crippen LogP contribution in [0.2, 0.25) is 0 Å². The van der Waals surface area contributed by atoms with Crippen molar-refractivity contribution in [3.63, 3.8) is 0 Å². The van der Waals surface area contributed by atoms with Crippen LogP contribution in [0.3, 0.4) is 0 Å². The van der Waals surface area contributed by atoms with Gasteiger partial charge in [-0.3, -0.25) is 9.59 Å². The van der Waals surface area contributed by atoms with E-state index in [1.54, 1.807) is 0 Å². The molecule has 1 aliphatic heterocycles. The molecule has 25 heavy (non-hydrogen) atoms. The largest absolute Gasteiger partial charge is 0.347 e. The Hall–Kier alpha value is -1.50. The van der Waals surface area contributed by atoms with Gasteiger partial charge in [0, 0.05) is 36.2 Å². The van der Waals surface area contributed by atoms with Crippen molar-refractivity contribution in [2.45, 2.75) is 50.5 Å². The van der Waals surface area contributed by atoms with E-state index in [1.807, 2.05) is 21.7 Å². The lowest BCUT2D eigenvalue weighted by Crippen LogP contribution is -2.57. The van der Waals surface area contributed by atoms with E-state index in [1.165, 1.54) is 11.3 Å². The molecule has 1 N–H and O–H groups in total. The number of nitrogens with zero attached hydrogens (tertiary/aromatic N) is 1. The van der Waals surface area contributed by atoms with Crippen molar-refractivity contribution >= 4 is 23.2 Å². The first kappa shape index (κ1) is 16.9. The summed E-state index contributed by atoms with van der Waals surface area (Å²) in [4.78, 5) is 27.1. The highest BCUT2D eigenvalue weighted by atomic mass is 32.1. The number of thiophene rings is 1. The Balaban J connectivity index is 1.44. The smallest absolute Gasteiger partial charge is 0.267 e. The van der Waals surface area contributed by atoms with E-state index in [9.17, 15) is 18.4 Å². The van der Waals surface area contributed by atoms with Crippen LogP contribution in [-0.4, -0.2) is 41.8 Å². The van der Waals surface area contributed by atoms with Gasteiger partial charge in [-0.1, -0.05) is 6.42 Å². The van der Waals surface area contributed by atoms with Gasteiger partial charge in [0.05, 0.1) is 11.6 Å². The summed E-state index contributed by atoms with van der Waals surface area (Å²) in [5.74, 6) is -3.26. The Morgan fingerprint density at radius 3 is 2.72 bits per heavy atom. The highest BCUT2D eigenvalue weighted by Crippen LogP contribution is 2.50.